The van der Waals surface area contributed by atoms with Crippen LogP contribution in [0.15, 0.2) is 18.2 Å². The second-order valence-corrected chi connectivity index (χ2v) is 4.16. The Labute approximate surface area is 111 Å². The lowest BCUT2D eigenvalue weighted by atomic mass is 10.1. The Kier molecular flexibility index (Phi) is 3.88. The average Bonchev–Trinajstić information content (AvgIpc) is 2.46. The van der Waals surface area contributed by atoms with Crippen molar-refractivity contribution in [2.75, 3.05) is 37.4 Å². The molecule has 1 saturated heterocycles. The Morgan fingerprint density at radius 3 is 3.11 bits per heavy atom. The van der Waals surface area contributed by atoms with Crippen LogP contribution in [0, 0.1) is 11.3 Å². The van der Waals surface area contributed by atoms with Crippen LogP contribution in [0.2, 0.25) is 0 Å². The van der Waals surface area contributed by atoms with E-state index in [1.807, 2.05) is 11.0 Å². The average molecular weight is 261 g/mol. The van der Waals surface area contributed by atoms with E-state index in [0.29, 0.717) is 30.9 Å². The van der Waals surface area contributed by atoms with Crippen LogP contribution >= 0.6 is 0 Å². The molecule has 0 saturated carbocycles. The molecule has 0 radical (unpaired) electrons. The number of nitrogens with two attached hydrogens (primary N) is 1. The maximum Gasteiger partial charge on any atom is 0.340 e. The van der Waals surface area contributed by atoms with Gasteiger partial charge in [0.1, 0.15) is 0 Å². The second-order valence-electron chi connectivity index (χ2n) is 4.16. The Hall–Kier alpha value is -2.26. The third-order valence-electron chi connectivity index (χ3n) is 3.04. The van der Waals surface area contributed by atoms with Gasteiger partial charge in [0.05, 0.1) is 43.3 Å². The van der Waals surface area contributed by atoms with Gasteiger partial charge in [0.15, 0.2) is 6.10 Å². The number of nitrogen functional groups attached to an aromatic ring is 1. The minimum atomic E-state index is -0.477. The predicted octanol–water partition coefficient (Wildman–Crippen LogP) is 0.784. The SMILES string of the molecule is COC(=O)c1cccc(N2CCOC(C#N)C2)c1N. The molecule has 1 fully saturated rings. The number of nitriles is 1. The lowest BCUT2D eigenvalue weighted by Crippen LogP contribution is -2.42. The van der Waals surface area contributed by atoms with Gasteiger partial charge >= 0.3 is 5.97 Å². The van der Waals surface area contributed by atoms with Crippen LogP contribution < -0.4 is 10.6 Å². The van der Waals surface area contributed by atoms with Gasteiger partial charge in [-0.25, -0.2) is 4.79 Å². The fourth-order valence-corrected chi connectivity index (χ4v) is 2.06. The van der Waals surface area contributed by atoms with Crippen LogP contribution in [0.4, 0.5) is 11.4 Å². The Balaban J connectivity index is 2.30. The van der Waals surface area contributed by atoms with Gasteiger partial charge in [-0.05, 0) is 12.1 Å². The maximum absolute atomic E-state index is 11.6. The van der Waals surface area contributed by atoms with Crippen molar-refractivity contribution in [1.82, 2.24) is 0 Å². The van der Waals surface area contributed by atoms with Crippen molar-refractivity contribution in [3.8, 4) is 6.07 Å². The van der Waals surface area contributed by atoms with E-state index in [-0.39, 0.29) is 0 Å². The summed E-state index contributed by atoms with van der Waals surface area (Å²) in [6.45, 7) is 1.53. The molecule has 0 bridgehead atoms. The van der Waals surface area contributed by atoms with Gasteiger partial charge in [-0.3, -0.25) is 0 Å². The Morgan fingerprint density at radius 2 is 2.42 bits per heavy atom. The van der Waals surface area contributed by atoms with Crippen molar-refractivity contribution in [3.05, 3.63) is 23.8 Å². The summed E-state index contributed by atoms with van der Waals surface area (Å²) in [5, 5.41) is 8.90. The number of hydrogen-bond acceptors (Lipinski definition) is 6. The van der Waals surface area contributed by atoms with E-state index in [0.717, 1.165) is 5.69 Å². The van der Waals surface area contributed by atoms with E-state index in [1.54, 1.807) is 12.1 Å². The zero-order chi connectivity index (χ0) is 13.8. The summed E-state index contributed by atoms with van der Waals surface area (Å²) in [7, 11) is 1.31. The summed E-state index contributed by atoms with van der Waals surface area (Å²) >= 11 is 0. The van der Waals surface area contributed by atoms with Crippen LogP contribution in [0.5, 0.6) is 0 Å². The highest BCUT2D eigenvalue weighted by Gasteiger charge is 2.23. The molecule has 19 heavy (non-hydrogen) atoms. The first-order valence-electron chi connectivity index (χ1n) is 5.90. The van der Waals surface area contributed by atoms with Crippen molar-refractivity contribution in [2.24, 2.45) is 0 Å². The molecule has 0 aliphatic carbocycles. The normalized spacial score (nSPS) is 18.7. The predicted molar refractivity (Wildman–Crippen MR) is 69.8 cm³/mol. The minimum absolute atomic E-state index is 0.333. The number of methoxy groups -OCH3 is 1. The largest absolute Gasteiger partial charge is 0.465 e. The van der Waals surface area contributed by atoms with Crippen LogP contribution in [-0.2, 0) is 9.47 Å². The molecular weight excluding hydrogens is 246 g/mol. The molecule has 1 aromatic rings. The van der Waals surface area contributed by atoms with E-state index in [2.05, 4.69) is 10.8 Å². The topological polar surface area (TPSA) is 88.6 Å². The number of carbonyl (C=O) groups is 1. The Morgan fingerprint density at radius 1 is 1.63 bits per heavy atom. The van der Waals surface area contributed by atoms with E-state index in [4.69, 9.17) is 15.7 Å². The molecule has 100 valence electrons. The standard InChI is InChI=1S/C13H15N3O3/c1-18-13(17)10-3-2-4-11(12(10)15)16-5-6-19-9(7-14)8-16/h2-4,9H,5-6,8,15H2,1H3. The van der Waals surface area contributed by atoms with Crippen LogP contribution in [-0.4, -0.2) is 38.9 Å². The number of rotatable bonds is 2. The number of ether oxygens (including phenoxy) is 2. The molecule has 0 amide bonds. The zero-order valence-electron chi connectivity index (χ0n) is 10.6. The fourth-order valence-electron chi connectivity index (χ4n) is 2.06. The first-order chi connectivity index (χ1) is 9.17. The number of morpholine rings is 1. The van der Waals surface area contributed by atoms with Gasteiger partial charge in [-0.15, -0.1) is 0 Å². The maximum atomic E-state index is 11.6. The molecule has 1 unspecified atom stereocenters. The zero-order valence-corrected chi connectivity index (χ0v) is 10.6. The number of anilines is 2. The highest BCUT2D eigenvalue weighted by Crippen LogP contribution is 2.28. The smallest absolute Gasteiger partial charge is 0.340 e. The van der Waals surface area contributed by atoms with Crippen molar-refractivity contribution < 1.29 is 14.3 Å². The number of esters is 1. The molecule has 2 rings (SSSR count). The summed E-state index contributed by atoms with van der Waals surface area (Å²) in [4.78, 5) is 13.5. The molecule has 6 heteroatoms. The highest BCUT2D eigenvalue weighted by atomic mass is 16.5. The van der Waals surface area contributed by atoms with Crippen molar-refractivity contribution in [3.63, 3.8) is 0 Å². The summed E-state index contributed by atoms with van der Waals surface area (Å²) in [6.07, 6.45) is -0.477. The second kappa shape index (κ2) is 5.59. The molecule has 2 N–H and O–H groups in total. The Bertz CT molecular complexity index is 524. The van der Waals surface area contributed by atoms with E-state index < -0.39 is 12.1 Å². The van der Waals surface area contributed by atoms with E-state index >= 15 is 0 Å². The third-order valence-corrected chi connectivity index (χ3v) is 3.04. The van der Waals surface area contributed by atoms with Gasteiger partial charge in [-0.2, -0.15) is 5.26 Å². The van der Waals surface area contributed by atoms with E-state index in [9.17, 15) is 4.79 Å². The molecular formula is C13H15N3O3. The van der Waals surface area contributed by atoms with Gasteiger partial charge in [0, 0.05) is 6.54 Å². The first-order valence-corrected chi connectivity index (χ1v) is 5.90. The first kappa shape index (κ1) is 13.2. The lowest BCUT2D eigenvalue weighted by molar-refractivity contribution is 0.0602. The van der Waals surface area contributed by atoms with Crippen LogP contribution in [0.1, 0.15) is 10.4 Å². The molecule has 0 spiro atoms. The minimum Gasteiger partial charge on any atom is -0.465 e. The summed E-state index contributed by atoms with van der Waals surface area (Å²) < 4.78 is 9.97. The lowest BCUT2D eigenvalue weighted by Gasteiger charge is -2.32. The fraction of sp³-hybridized carbons (Fsp3) is 0.385. The molecule has 1 heterocycles. The summed E-state index contributed by atoms with van der Waals surface area (Å²) in [5.41, 5.74) is 7.44. The van der Waals surface area contributed by atoms with Gasteiger partial charge < -0.3 is 20.1 Å². The van der Waals surface area contributed by atoms with Gasteiger partial charge in [0.2, 0.25) is 0 Å². The number of carbonyl (C=O) groups excluding carboxylic acids is 1. The van der Waals surface area contributed by atoms with Gasteiger partial charge in [-0.1, -0.05) is 6.07 Å². The van der Waals surface area contributed by atoms with Crippen molar-refractivity contribution in [1.29, 1.82) is 5.26 Å². The molecule has 0 aromatic heterocycles. The number of para-hydroxylation sites is 1. The molecule has 1 aliphatic rings. The number of benzene rings is 1. The molecule has 1 aromatic carbocycles. The molecule has 6 nitrogen and oxygen atoms in total. The third kappa shape index (κ3) is 2.61. The summed E-state index contributed by atoms with van der Waals surface area (Å²) in [5.74, 6) is -0.468. The van der Waals surface area contributed by atoms with E-state index in [1.165, 1.54) is 7.11 Å². The molecule has 1 atom stereocenters. The van der Waals surface area contributed by atoms with Crippen LogP contribution in [0.25, 0.3) is 0 Å². The molecule has 1 aliphatic heterocycles. The highest BCUT2D eigenvalue weighted by molar-refractivity contribution is 5.98. The number of nitrogens with zero attached hydrogens (tertiary/aromatic N) is 2. The summed E-state index contributed by atoms with van der Waals surface area (Å²) in [6, 6.07) is 7.26. The van der Waals surface area contributed by atoms with Crippen molar-refractivity contribution >= 4 is 17.3 Å². The quantitative estimate of drug-likeness (QED) is 0.625. The monoisotopic (exact) mass is 261 g/mol. The van der Waals surface area contributed by atoms with Crippen molar-refractivity contribution in [2.45, 2.75) is 6.10 Å². The van der Waals surface area contributed by atoms with Gasteiger partial charge in [0.25, 0.3) is 0 Å². The van der Waals surface area contributed by atoms with Crippen LogP contribution in [0.3, 0.4) is 0 Å². The number of hydrogen-bond donors (Lipinski definition) is 1.